The van der Waals surface area contributed by atoms with E-state index in [0.717, 1.165) is 11.6 Å². The van der Waals surface area contributed by atoms with E-state index in [2.05, 4.69) is 5.32 Å². The highest BCUT2D eigenvalue weighted by Crippen LogP contribution is 2.49. The lowest BCUT2D eigenvalue weighted by Crippen LogP contribution is -2.43. The number of aromatic nitrogens is 2. The number of likely N-dealkylation sites (N-methyl/N-ethyl adjacent to an activating group) is 1. The number of halogens is 2. The number of amides is 2. The molecule has 39 heavy (non-hydrogen) atoms. The van der Waals surface area contributed by atoms with Gasteiger partial charge in [-0.3, -0.25) is 14.5 Å². The van der Waals surface area contributed by atoms with Crippen LogP contribution < -0.4 is 10.2 Å². The Hall–Kier alpha value is -3.24. The summed E-state index contributed by atoms with van der Waals surface area (Å²) in [7, 11) is 3.83. The van der Waals surface area contributed by atoms with Crippen LogP contribution >= 0.6 is 11.8 Å². The number of anilines is 1. The largest absolute Gasteiger partial charge is 0.353 e. The fourth-order valence-corrected chi connectivity index (χ4v) is 5.74. The van der Waals surface area contributed by atoms with Crippen LogP contribution in [0.2, 0.25) is 0 Å². The molecule has 2 aromatic carbocycles. The summed E-state index contributed by atoms with van der Waals surface area (Å²) in [5.74, 6) is -1.52. The third-order valence-electron chi connectivity index (χ3n) is 6.51. The van der Waals surface area contributed by atoms with Crippen molar-refractivity contribution in [3.63, 3.8) is 0 Å². The predicted octanol–water partition coefficient (Wildman–Crippen LogP) is 4.60. The van der Waals surface area contributed by atoms with Crippen molar-refractivity contribution in [1.29, 1.82) is 0 Å². The SMILES string of the molecule is Cc1ccc(-n2nc(C(C)(C)C)c3c2N(CC(=O)NCCN(C)C)C(=O)CSC3c2ccc(F)cc2F)cc1. The van der Waals surface area contributed by atoms with E-state index < -0.39 is 22.3 Å². The molecular weight excluding hydrogens is 520 g/mol. The van der Waals surface area contributed by atoms with E-state index in [-0.39, 0.29) is 29.7 Å². The standard InChI is InChI=1S/C29H35F2N5O2S/c1-18-7-10-20(11-8-18)36-28-25(27(33-36)29(2,3)4)26(21-12-9-19(30)15-22(21)31)39-17-24(38)35(28)16-23(37)32-13-14-34(5)6/h7-12,15,26H,13-14,16-17H2,1-6H3,(H,32,37). The van der Waals surface area contributed by atoms with Crippen LogP contribution in [0.1, 0.15) is 48.4 Å². The number of carbonyl (C=O) groups excluding carboxylic acids is 2. The number of thioether (sulfide) groups is 1. The van der Waals surface area contributed by atoms with Gasteiger partial charge in [0, 0.05) is 35.7 Å². The van der Waals surface area contributed by atoms with Crippen LogP contribution in [0.25, 0.3) is 5.69 Å². The summed E-state index contributed by atoms with van der Waals surface area (Å²) in [5.41, 5.74) is 2.87. The molecule has 208 valence electrons. The van der Waals surface area contributed by atoms with Crippen molar-refractivity contribution < 1.29 is 18.4 Å². The third kappa shape index (κ3) is 6.33. The van der Waals surface area contributed by atoms with E-state index in [0.29, 0.717) is 35.9 Å². The summed E-state index contributed by atoms with van der Waals surface area (Å²) >= 11 is 1.26. The zero-order chi connectivity index (χ0) is 28.5. The second-order valence-corrected chi connectivity index (χ2v) is 12.2. The normalized spacial score (nSPS) is 15.9. The fourth-order valence-electron chi connectivity index (χ4n) is 4.52. The van der Waals surface area contributed by atoms with Gasteiger partial charge in [-0.15, -0.1) is 11.8 Å². The quantitative estimate of drug-likeness (QED) is 0.462. The Morgan fingerprint density at radius 3 is 2.46 bits per heavy atom. The number of aryl methyl sites for hydroxylation is 1. The van der Waals surface area contributed by atoms with Gasteiger partial charge >= 0.3 is 0 Å². The van der Waals surface area contributed by atoms with Crippen molar-refractivity contribution >= 4 is 29.4 Å². The minimum Gasteiger partial charge on any atom is -0.353 e. The van der Waals surface area contributed by atoms with Gasteiger partial charge in [0.25, 0.3) is 0 Å². The summed E-state index contributed by atoms with van der Waals surface area (Å²) < 4.78 is 30.8. The number of nitrogens with zero attached hydrogens (tertiary/aromatic N) is 4. The monoisotopic (exact) mass is 555 g/mol. The summed E-state index contributed by atoms with van der Waals surface area (Å²) in [6.45, 7) is 8.87. The van der Waals surface area contributed by atoms with Crippen LogP contribution in [0.15, 0.2) is 42.5 Å². The van der Waals surface area contributed by atoms with Crippen molar-refractivity contribution in [2.75, 3.05) is 44.4 Å². The molecular formula is C29H35F2N5O2S. The number of benzene rings is 2. The van der Waals surface area contributed by atoms with Crippen molar-refractivity contribution in [3.8, 4) is 5.69 Å². The minimum atomic E-state index is -0.691. The van der Waals surface area contributed by atoms with E-state index in [1.54, 1.807) is 4.68 Å². The maximum atomic E-state index is 15.2. The Balaban J connectivity index is 1.94. The molecule has 0 bridgehead atoms. The van der Waals surface area contributed by atoms with Gasteiger partial charge in [0.15, 0.2) is 0 Å². The summed E-state index contributed by atoms with van der Waals surface area (Å²) in [6, 6.07) is 11.2. The number of rotatable bonds is 7. The van der Waals surface area contributed by atoms with Gasteiger partial charge in [-0.05, 0) is 39.2 Å². The van der Waals surface area contributed by atoms with E-state index in [4.69, 9.17) is 5.10 Å². The van der Waals surface area contributed by atoms with Crippen molar-refractivity contribution in [3.05, 3.63) is 76.5 Å². The summed E-state index contributed by atoms with van der Waals surface area (Å²) in [5, 5.41) is 7.22. The minimum absolute atomic E-state index is 0.0125. The number of carbonyl (C=O) groups is 2. The topological polar surface area (TPSA) is 70.5 Å². The van der Waals surface area contributed by atoms with Crippen LogP contribution in [0.3, 0.4) is 0 Å². The number of fused-ring (bicyclic) bond motifs is 1. The molecule has 1 N–H and O–H groups in total. The molecule has 1 unspecified atom stereocenters. The average molecular weight is 556 g/mol. The van der Waals surface area contributed by atoms with Gasteiger partial charge in [0.05, 0.1) is 22.4 Å². The van der Waals surface area contributed by atoms with Crippen LogP contribution in [0, 0.1) is 18.6 Å². The number of nitrogens with one attached hydrogen (secondary N) is 1. The first kappa shape index (κ1) is 28.8. The molecule has 1 atom stereocenters. The Morgan fingerprint density at radius 2 is 1.85 bits per heavy atom. The second-order valence-electron chi connectivity index (χ2n) is 11.1. The fraction of sp³-hybridized carbons (Fsp3) is 0.414. The van der Waals surface area contributed by atoms with Crippen LogP contribution in [0.5, 0.6) is 0 Å². The maximum absolute atomic E-state index is 15.2. The molecule has 1 aromatic heterocycles. The molecule has 2 heterocycles. The van der Waals surface area contributed by atoms with E-state index in [9.17, 15) is 14.0 Å². The zero-order valence-corrected chi connectivity index (χ0v) is 24.0. The smallest absolute Gasteiger partial charge is 0.240 e. The van der Waals surface area contributed by atoms with Gasteiger partial charge in [0.1, 0.15) is 24.0 Å². The summed E-state index contributed by atoms with van der Waals surface area (Å²) in [6.07, 6.45) is 0. The van der Waals surface area contributed by atoms with Gasteiger partial charge in [0.2, 0.25) is 11.8 Å². The van der Waals surface area contributed by atoms with Gasteiger partial charge in [-0.2, -0.15) is 5.10 Å². The van der Waals surface area contributed by atoms with Crippen LogP contribution in [-0.2, 0) is 15.0 Å². The number of hydrogen-bond acceptors (Lipinski definition) is 5. The predicted molar refractivity (Wildman–Crippen MR) is 152 cm³/mol. The van der Waals surface area contributed by atoms with Crippen molar-refractivity contribution in [2.45, 2.75) is 38.4 Å². The molecule has 7 nitrogen and oxygen atoms in total. The van der Waals surface area contributed by atoms with Crippen molar-refractivity contribution in [2.24, 2.45) is 0 Å². The molecule has 0 saturated carbocycles. The second kappa shape index (κ2) is 11.5. The lowest BCUT2D eigenvalue weighted by molar-refractivity contribution is -0.122. The zero-order valence-electron chi connectivity index (χ0n) is 23.2. The molecule has 0 radical (unpaired) electrons. The molecule has 3 aromatic rings. The van der Waals surface area contributed by atoms with Crippen LogP contribution in [0.4, 0.5) is 14.6 Å². The molecule has 1 aliphatic rings. The van der Waals surface area contributed by atoms with Crippen molar-refractivity contribution in [1.82, 2.24) is 20.0 Å². The first-order valence-electron chi connectivity index (χ1n) is 12.9. The first-order valence-corrected chi connectivity index (χ1v) is 13.9. The highest BCUT2D eigenvalue weighted by Gasteiger charge is 2.40. The van der Waals surface area contributed by atoms with E-state index in [1.165, 1.54) is 28.8 Å². The lowest BCUT2D eigenvalue weighted by Gasteiger charge is -2.25. The van der Waals surface area contributed by atoms with Gasteiger partial charge in [-0.25, -0.2) is 13.5 Å². The van der Waals surface area contributed by atoms with E-state index in [1.807, 2.05) is 71.0 Å². The molecule has 1 aliphatic heterocycles. The lowest BCUT2D eigenvalue weighted by atomic mass is 9.87. The van der Waals surface area contributed by atoms with Crippen LogP contribution in [-0.4, -0.2) is 66.0 Å². The number of hydrogen-bond donors (Lipinski definition) is 1. The summed E-state index contributed by atoms with van der Waals surface area (Å²) in [4.78, 5) is 30.1. The molecule has 0 spiro atoms. The first-order chi connectivity index (χ1) is 18.4. The van der Waals surface area contributed by atoms with E-state index >= 15 is 4.39 Å². The molecule has 4 rings (SSSR count). The highest BCUT2D eigenvalue weighted by molar-refractivity contribution is 8.00. The molecule has 0 aliphatic carbocycles. The highest BCUT2D eigenvalue weighted by atomic mass is 32.2. The molecule has 2 amide bonds. The maximum Gasteiger partial charge on any atom is 0.240 e. The Bertz CT molecular complexity index is 1370. The Labute approximate surface area is 232 Å². The molecule has 10 heteroatoms. The van der Waals surface area contributed by atoms with Gasteiger partial charge < -0.3 is 10.2 Å². The average Bonchev–Trinajstić information content (AvgIpc) is 3.18. The molecule has 0 fully saturated rings. The van der Waals surface area contributed by atoms with Gasteiger partial charge in [-0.1, -0.05) is 44.5 Å². The Morgan fingerprint density at radius 1 is 1.15 bits per heavy atom. The Kier molecular flexibility index (Phi) is 8.46. The third-order valence-corrected chi connectivity index (χ3v) is 7.74. The molecule has 0 saturated heterocycles.